The fraction of sp³-hybridized carbons (Fsp3) is 0.429. The van der Waals surface area contributed by atoms with E-state index in [0.717, 1.165) is 55.2 Å². The number of rotatable bonds is 6. The lowest BCUT2D eigenvalue weighted by molar-refractivity contribution is 0.0342. The van der Waals surface area contributed by atoms with E-state index in [-0.39, 0.29) is 11.9 Å². The minimum Gasteiger partial charge on any atom is -0.384 e. The molecule has 0 saturated carbocycles. The summed E-state index contributed by atoms with van der Waals surface area (Å²) in [6.07, 6.45) is 1.94. The molecule has 2 N–H and O–H groups in total. The van der Waals surface area contributed by atoms with Gasteiger partial charge in [0, 0.05) is 44.4 Å². The number of aromatic nitrogens is 3. The van der Waals surface area contributed by atoms with Crippen LogP contribution in [0.25, 0.3) is 16.6 Å². The van der Waals surface area contributed by atoms with Crippen LogP contribution in [-0.4, -0.2) is 59.5 Å². The van der Waals surface area contributed by atoms with Crippen molar-refractivity contribution in [2.75, 3.05) is 45.8 Å². The maximum absolute atomic E-state index is 5.92. The first-order valence-corrected chi connectivity index (χ1v) is 9.69. The quantitative estimate of drug-likeness (QED) is 0.707. The van der Waals surface area contributed by atoms with Crippen molar-refractivity contribution in [2.45, 2.75) is 19.4 Å². The second-order valence-electron chi connectivity index (χ2n) is 7.32. The minimum absolute atomic E-state index is 0.118. The molecule has 28 heavy (non-hydrogen) atoms. The van der Waals surface area contributed by atoms with Gasteiger partial charge >= 0.3 is 0 Å². The monoisotopic (exact) mass is 381 g/mol. The van der Waals surface area contributed by atoms with Gasteiger partial charge in [-0.1, -0.05) is 31.2 Å². The van der Waals surface area contributed by atoms with Gasteiger partial charge in [0.1, 0.15) is 0 Å². The summed E-state index contributed by atoms with van der Waals surface area (Å²) in [5.41, 5.74) is 11.4. The lowest BCUT2D eigenvalue weighted by Crippen LogP contribution is -2.35. The van der Waals surface area contributed by atoms with E-state index in [1.165, 1.54) is 5.56 Å². The van der Waals surface area contributed by atoms with Crippen LogP contribution < -0.4 is 5.73 Å². The van der Waals surface area contributed by atoms with E-state index in [2.05, 4.69) is 52.2 Å². The van der Waals surface area contributed by atoms with Gasteiger partial charge < -0.3 is 15.2 Å². The Kier molecular flexibility index (Phi) is 5.57. The highest BCUT2D eigenvalue weighted by atomic mass is 16.5. The molecule has 1 fully saturated rings. The van der Waals surface area contributed by atoms with Gasteiger partial charge in [0.15, 0.2) is 0 Å². The lowest BCUT2D eigenvalue weighted by Gasteiger charge is -2.26. The van der Waals surface area contributed by atoms with E-state index in [0.29, 0.717) is 6.61 Å². The van der Waals surface area contributed by atoms with E-state index in [9.17, 15) is 0 Å². The van der Waals surface area contributed by atoms with E-state index in [4.69, 9.17) is 15.2 Å². The van der Waals surface area contributed by atoms with E-state index in [1.54, 1.807) is 7.11 Å². The Balaban J connectivity index is 1.65. The van der Waals surface area contributed by atoms with Crippen molar-refractivity contribution in [1.29, 1.82) is 0 Å². The van der Waals surface area contributed by atoms with E-state index < -0.39 is 0 Å². The first-order chi connectivity index (χ1) is 13.7. The number of ether oxygens (including phenoxy) is 2. The van der Waals surface area contributed by atoms with Crippen molar-refractivity contribution in [2.24, 2.45) is 0 Å². The molecule has 0 amide bonds. The van der Waals surface area contributed by atoms with Crippen LogP contribution in [0.1, 0.15) is 24.1 Å². The highest BCUT2D eigenvalue weighted by Gasteiger charge is 2.18. The standard InChI is InChI=1S/C21H27N5O2/c1-15(14-27-2)19-20-18(7-8-26(20)24-21(22)23-19)17-5-3-16(4-6-17)13-25-9-11-28-12-10-25/h3-8,15H,9-14H2,1-2H3,(H2,22,24)/t15-/m1/s1. The molecule has 7 heteroatoms. The number of morpholine rings is 1. The summed E-state index contributed by atoms with van der Waals surface area (Å²) in [5, 5.41) is 4.34. The number of nitrogens with zero attached hydrogens (tertiary/aromatic N) is 4. The molecule has 0 spiro atoms. The third-order valence-corrected chi connectivity index (χ3v) is 5.21. The molecule has 0 unspecified atom stereocenters. The van der Waals surface area contributed by atoms with Gasteiger partial charge in [-0.25, -0.2) is 9.50 Å². The first kappa shape index (κ1) is 18.9. The van der Waals surface area contributed by atoms with Gasteiger partial charge in [0.25, 0.3) is 0 Å². The molecule has 3 aromatic rings. The van der Waals surface area contributed by atoms with Crippen molar-refractivity contribution >= 4 is 11.5 Å². The SMILES string of the molecule is COC[C@@H](C)c1nc(N)nn2ccc(-c3ccc(CN4CCOCC4)cc3)c12. The van der Waals surface area contributed by atoms with Crippen LogP contribution in [-0.2, 0) is 16.0 Å². The zero-order chi connectivity index (χ0) is 19.5. The normalized spacial score (nSPS) is 16.5. The number of benzene rings is 1. The van der Waals surface area contributed by atoms with Crippen molar-refractivity contribution in [3.63, 3.8) is 0 Å². The van der Waals surface area contributed by atoms with E-state index in [1.807, 2.05) is 10.7 Å². The Labute approximate surface area is 165 Å². The molecular weight excluding hydrogens is 354 g/mol. The van der Waals surface area contributed by atoms with Crippen LogP contribution in [0.2, 0.25) is 0 Å². The predicted molar refractivity (Wildman–Crippen MR) is 109 cm³/mol. The van der Waals surface area contributed by atoms with Crippen LogP contribution in [0.15, 0.2) is 36.5 Å². The number of methoxy groups -OCH3 is 1. The second kappa shape index (κ2) is 8.26. The van der Waals surface area contributed by atoms with E-state index >= 15 is 0 Å². The molecule has 1 aliphatic rings. The molecule has 0 radical (unpaired) electrons. The topological polar surface area (TPSA) is 77.9 Å². The zero-order valence-electron chi connectivity index (χ0n) is 16.5. The average molecular weight is 381 g/mol. The Morgan fingerprint density at radius 3 is 2.64 bits per heavy atom. The third-order valence-electron chi connectivity index (χ3n) is 5.21. The molecule has 4 rings (SSSR count). The van der Waals surface area contributed by atoms with Crippen molar-refractivity contribution < 1.29 is 9.47 Å². The molecule has 148 valence electrons. The Hall–Kier alpha value is -2.48. The number of nitrogen functional groups attached to an aromatic ring is 1. The summed E-state index contributed by atoms with van der Waals surface area (Å²) in [7, 11) is 1.70. The molecule has 1 aromatic carbocycles. The van der Waals surface area contributed by atoms with Gasteiger partial charge in [-0.2, -0.15) is 0 Å². The summed E-state index contributed by atoms with van der Waals surface area (Å²) in [4.78, 5) is 6.94. The molecule has 0 bridgehead atoms. The minimum atomic E-state index is 0.118. The van der Waals surface area contributed by atoms with Crippen molar-refractivity contribution in [3.05, 3.63) is 47.8 Å². The van der Waals surface area contributed by atoms with Gasteiger partial charge in [-0.05, 0) is 17.2 Å². The maximum Gasteiger partial charge on any atom is 0.238 e. The third kappa shape index (κ3) is 3.87. The van der Waals surface area contributed by atoms with Crippen LogP contribution in [0.5, 0.6) is 0 Å². The molecule has 1 saturated heterocycles. The lowest BCUT2D eigenvalue weighted by atomic mass is 10.0. The number of hydrogen-bond acceptors (Lipinski definition) is 6. The number of anilines is 1. The largest absolute Gasteiger partial charge is 0.384 e. The van der Waals surface area contributed by atoms with Crippen LogP contribution >= 0.6 is 0 Å². The van der Waals surface area contributed by atoms with Gasteiger partial charge in [0.05, 0.1) is 31.0 Å². The van der Waals surface area contributed by atoms with Crippen LogP contribution in [0, 0.1) is 0 Å². The van der Waals surface area contributed by atoms with Crippen molar-refractivity contribution in [1.82, 2.24) is 19.5 Å². The van der Waals surface area contributed by atoms with Gasteiger partial charge in [-0.15, -0.1) is 5.10 Å². The number of nitrogens with two attached hydrogens (primary N) is 1. The average Bonchev–Trinajstić information content (AvgIpc) is 3.12. The summed E-state index contributed by atoms with van der Waals surface area (Å²) in [6.45, 7) is 7.25. The first-order valence-electron chi connectivity index (χ1n) is 9.69. The van der Waals surface area contributed by atoms with Crippen LogP contribution in [0.3, 0.4) is 0 Å². The van der Waals surface area contributed by atoms with Crippen LogP contribution in [0.4, 0.5) is 5.95 Å². The summed E-state index contributed by atoms with van der Waals surface area (Å²) < 4.78 is 12.6. The summed E-state index contributed by atoms with van der Waals surface area (Å²) in [6, 6.07) is 10.8. The highest BCUT2D eigenvalue weighted by Crippen LogP contribution is 2.31. The second-order valence-corrected chi connectivity index (χ2v) is 7.32. The molecule has 1 aliphatic heterocycles. The summed E-state index contributed by atoms with van der Waals surface area (Å²) in [5.74, 6) is 0.389. The number of fused-ring (bicyclic) bond motifs is 1. The molecular formula is C21H27N5O2. The maximum atomic E-state index is 5.92. The molecule has 1 atom stereocenters. The van der Waals surface area contributed by atoms with Crippen molar-refractivity contribution in [3.8, 4) is 11.1 Å². The fourth-order valence-corrected chi connectivity index (χ4v) is 3.78. The summed E-state index contributed by atoms with van der Waals surface area (Å²) >= 11 is 0. The fourth-order valence-electron chi connectivity index (χ4n) is 3.78. The molecule has 2 aromatic heterocycles. The molecule has 3 heterocycles. The van der Waals surface area contributed by atoms with Gasteiger partial charge in [-0.3, -0.25) is 4.90 Å². The smallest absolute Gasteiger partial charge is 0.238 e. The number of hydrogen-bond donors (Lipinski definition) is 1. The molecule has 7 nitrogen and oxygen atoms in total. The zero-order valence-corrected chi connectivity index (χ0v) is 16.5. The molecule has 0 aliphatic carbocycles. The van der Waals surface area contributed by atoms with Gasteiger partial charge in [0.2, 0.25) is 5.95 Å². The Morgan fingerprint density at radius 2 is 1.93 bits per heavy atom. The highest BCUT2D eigenvalue weighted by molar-refractivity contribution is 5.83. The Morgan fingerprint density at radius 1 is 1.18 bits per heavy atom. The predicted octanol–water partition coefficient (Wildman–Crippen LogP) is 2.56. The Bertz CT molecular complexity index is 932.